The van der Waals surface area contributed by atoms with Crippen molar-refractivity contribution in [3.8, 4) is 27.9 Å². The Morgan fingerprint density at radius 2 is 1.30 bits per heavy atom. The van der Waals surface area contributed by atoms with Crippen LogP contribution in [0.1, 0.15) is 25.0 Å². The van der Waals surface area contributed by atoms with Gasteiger partial charge in [-0.25, -0.2) is 0 Å². The Labute approximate surface area is 224 Å². The van der Waals surface area contributed by atoms with E-state index in [0.717, 1.165) is 4.47 Å². The molecule has 1 aliphatic carbocycles. The van der Waals surface area contributed by atoms with Crippen molar-refractivity contribution >= 4 is 48.5 Å². The van der Waals surface area contributed by atoms with E-state index in [4.69, 9.17) is 0 Å². The summed E-state index contributed by atoms with van der Waals surface area (Å²) in [5.41, 5.74) is 11.7. The van der Waals surface area contributed by atoms with Gasteiger partial charge in [0.15, 0.2) is 0 Å². The molecule has 37 heavy (non-hydrogen) atoms. The zero-order valence-corrected chi connectivity index (χ0v) is 22.3. The van der Waals surface area contributed by atoms with Gasteiger partial charge in [0.05, 0.1) is 11.0 Å². The second-order valence-electron chi connectivity index (χ2n) is 10.8. The van der Waals surface area contributed by atoms with Crippen LogP contribution in [-0.4, -0.2) is 4.57 Å². The SMILES string of the molecule is CC1(C)c2cc(Br)ccc2-c2ccc(-c3cc4ccc5cccc6c5c4c(c3)n6-c3ccccc3)cc21. The molecule has 0 atom stereocenters. The highest BCUT2D eigenvalue weighted by Gasteiger charge is 2.35. The first-order chi connectivity index (χ1) is 18.0. The molecule has 0 N–H and O–H groups in total. The number of benzene rings is 6. The average Bonchev–Trinajstić information content (AvgIpc) is 3.37. The lowest BCUT2D eigenvalue weighted by Crippen LogP contribution is -2.15. The van der Waals surface area contributed by atoms with Gasteiger partial charge in [-0.15, -0.1) is 0 Å². The monoisotopic (exact) mass is 537 g/mol. The zero-order chi connectivity index (χ0) is 24.9. The van der Waals surface area contributed by atoms with Crippen LogP contribution in [0.2, 0.25) is 0 Å². The predicted octanol–water partition coefficient (Wildman–Crippen LogP) is 10.1. The molecule has 0 amide bonds. The van der Waals surface area contributed by atoms with Crippen LogP contribution in [-0.2, 0) is 5.41 Å². The van der Waals surface area contributed by atoms with Gasteiger partial charge in [-0.2, -0.15) is 0 Å². The second kappa shape index (κ2) is 7.34. The Kier molecular flexibility index (Phi) is 4.21. The molecule has 0 saturated carbocycles. The molecule has 176 valence electrons. The Bertz CT molecular complexity index is 2010. The molecule has 1 heterocycles. The first kappa shape index (κ1) is 21.2. The highest BCUT2D eigenvalue weighted by molar-refractivity contribution is 9.10. The van der Waals surface area contributed by atoms with E-state index in [-0.39, 0.29) is 5.41 Å². The first-order valence-corrected chi connectivity index (χ1v) is 13.6. The van der Waals surface area contributed by atoms with Gasteiger partial charge >= 0.3 is 0 Å². The molecule has 0 bridgehead atoms. The van der Waals surface area contributed by atoms with Crippen molar-refractivity contribution in [2.75, 3.05) is 0 Å². The summed E-state index contributed by atoms with van der Waals surface area (Å²) in [4.78, 5) is 0. The molecule has 0 radical (unpaired) electrons. The highest BCUT2D eigenvalue weighted by Crippen LogP contribution is 2.50. The van der Waals surface area contributed by atoms with Crippen LogP contribution in [0.15, 0.2) is 114 Å². The fraction of sp³-hybridized carbons (Fsp3) is 0.0857. The van der Waals surface area contributed by atoms with Gasteiger partial charge in [-0.3, -0.25) is 0 Å². The molecular weight excluding hydrogens is 514 g/mol. The first-order valence-electron chi connectivity index (χ1n) is 12.8. The second-order valence-corrected chi connectivity index (χ2v) is 11.7. The minimum Gasteiger partial charge on any atom is -0.309 e. The van der Waals surface area contributed by atoms with Crippen molar-refractivity contribution in [3.63, 3.8) is 0 Å². The lowest BCUT2D eigenvalue weighted by atomic mass is 9.81. The fourth-order valence-electron chi connectivity index (χ4n) is 6.60. The van der Waals surface area contributed by atoms with Crippen LogP contribution in [0, 0.1) is 0 Å². The maximum atomic E-state index is 3.69. The van der Waals surface area contributed by atoms with Gasteiger partial charge in [-0.1, -0.05) is 90.4 Å². The molecule has 1 nitrogen and oxygen atoms in total. The summed E-state index contributed by atoms with van der Waals surface area (Å²) >= 11 is 3.69. The van der Waals surface area contributed by atoms with Crippen molar-refractivity contribution in [2.24, 2.45) is 0 Å². The molecule has 7 aromatic rings. The van der Waals surface area contributed by atoms with E-state index in [1.165, 1.54) is 71.6 Å². The summed E-state index contributed by atoms with van der Waals surface area (Å²) in [5, 5.41) is 5.28. The third-order valence-corrected chi connectivity index (χ3v) is 8.88. The number of hydrogen-bond donors (Lipinski definition) is 0. The summed E-state index contributed by atoms with van der Waals surface area (Å²) in [7, 11) is 0. The smallest absolute Gasteiger partial charge is 0.0553 e. The normalized spacial score (nSPS) is 14.0. The van der Waals surface area contributed by atoms with E-state index >= 15 is 0 Å². The van der Waals surface area contributed by atoms with Gasteiger partial charge in [0, 0.05) is 26.3 Å². The maximum Gasteiger partial charge on any atom is 0.0553 e. The van der Waals surface area contributed by atoms with Crippen LogP contribution < -0.4 is 0 Å². The Morgan fingerprint density at radius 1 is 0.568 bits per heavy atom. The number of halogens is 1. The largest absolute Gasteiger partial charge is 0.309 e. The molecule has 8 rings (SSSR count). The summed E-state index contributed by atoms with van der Waals surface area (Å²) in [6, 6.07) is 40.4. The molecule has 0 fully saturated rings. The number of fused-ring (bicyclic) bond motifs is 3. The zero-order valence-electron chi connectivity index (χ0n) is 20.7. The average molecular weight is 538 g/mol. The standard InChI is InChI=1S/C35H24BrN/c1-35(2)29-18-22(13-15-27(29)28-16-14-25(36)20-30(28)35)24-17-23-12-11-21-7-6-10-31-33(21)34(23)32(19-24)37(31)26-8-4-3-5-9-26/h3-20H,1-2H3. The van der Waals surface area contributed by atoms with Crippen molar-refractivity contribution < 1.29 is 0 Å². The van der Waals surface area contributed by atoms with Crippen molar-refractivity contribution in [2.45, 2.75) is 19.3 Å². The molecule has 0 aliphatic heterocycles. The number of para-hydroxylation sites is 1. The minimum atomic E-state index is -0.0451. The molecule has 0 unspecified atom stereocenters. The van der Waals surface area contributed by atoms with Crippen LogP contribution in [0.4, 0.5) is 0 Å². The quantitative estimate of drug-likeness (QED) is 0.193. The fourth-order valence-corrected chi connectivity index (χ4v) is 6.97. The van der Waals surface area contributed by atoms with Gasteiger partial charge < -0.3 is 4.57 Å². The van der Waals surface area contributed by atoms with E-state index in [2.05, 4.69) is 144 Å². The molecule has 2 heteroatoms. The summed E-state index contributed by atoms with van der Waals surface area (Å²) < 4.78 is 3.57. The van der Waals surface area contributed by atoms with Crippen molar-refractivity contribution in [1.29, 1.82) is 0 Å². The Hall–Kier alpha value is -3.88. The number of hydrogen-bond acceptors (Lipinski definition) is 0. The van der Waals surface area contributed by atoms with Crippen LogP contribution in [0.25, 0.3) is 60.5 Å². The van der Waals surface area contributed by atoms with Gasteiger partial charge in [0.2, 0.25) is 0 Å². The van der Waals surface area contributed by atoms with E-state index in [9.17, 15) is 0 Å². The highest BCUT2D eigenvalue weighted by atomic mass is 79.9. The topological polar surface area (TPSA) is 4.93 Å². The van der Waals surface area contributed by atoms with E-state index < -0.39 is 0 Å². The maximum absolute atomic E-state index is 3.69. The third-order valence-electron chi connectivity index (χ3n) is 8.38. The molecule has 0 spiro atoms. The minimum absolute atomic E-state index is 0.0451. The Morgan fingerprint density at radius 3 is 2.14 bits per heavy atom. The van der Waals surface area contributed by atoms with Crippen LogP contribution >= 0.6 is 15.9 Å². The number of aromatic nitrogens is 1. The predicted molar refractivity (Wildman–Crippen MR) is 160 cm³/mol. The van der Waals surface area contributed by atoms with E-state index in [0.29, 0.717) is 0 Å². The number of rotatable bonds is 2. The molecule has 1 aromatic heterocycles. The van der Waals surface area contributed by atoms with Gasteiger partial charge in [0.25, 0.3) is 0 Å². The Balaban J connectivity index is 1.41. The lowest BCUT2D eigenvalue weighted by molar-refractivity contribution is 0.660. The lowest BCUT2D eigenvalue weighted by Gasteiger charge is -2.22. The van der Waals surface area contributed by atoms with Gasteiger partial charge in [-0.05, 0) is 92.7 Å². The van der Waals surface area contributed by atoms with Crippen molar-refractivity contribution in [1.82, 2.24) is 4.57 Å². The van der Waals surface area contributed by atoms with Crippen LogP contribution in [0.5, 0.6) is 0 Å². The molecule has 6 aromatic carbocycles. The summed E-state index contributed by atoms with van der Waals surface area (Å²) in [6.45, 7) is 4.69. The molecule has 1 aliphatic rings. The van der Waals surface area contributed by atoms with Crippen molar-refractivity contribution in [3.05, 3.63) is 125 Å². The van der Waals surface area contributed by atoms with E-state index in [1.54, 1.807) is 0 Å². The molecular formula is C35H24BrN. The third kappa shape index (κ3) is 2.85. The number of nitrogens with zero attached hydrogens (tertiary/aromatic N) is 1. The van der Waals surface area contributed by atoms with E-state index in [1.807, 2.05) is 0 Å². The summed E-state index contributed by atoms with van der Waals surface area (Å²) in [6.07, 6.45) is 0. The molecule has 0 saturated heterocycles. The van der Waals surface area contributed by atoms with Crippen LogP contribution in [0.3, 0.4) is 0 Å². The van der Waals surface area contributed by atoms with Gasteiger partial charge in [0.1, 0.15) is 0 Å². The summed E-state index contributed by atoms with van der Waals surface area (Å²) in [5.74, 6) is 0.